The highest BCUT2D eigenvalue weighted by Crippen LogP contribution is 2.07. The second kappa shape index (κ2) is 1.94. The lowest BCUT2D eigenvalue weighted by Gasteiger charge is -2.34. The van der Waals surface area contributed by atoms with Crippen molar-refractivity contribution in [2.24, 2.45) is 0 Å². The summed E-state index contributed by atoms with van der Waals surface area (Å²) >= 11 is 0. The predicted molar refractivity (Wildman–Crippen MR) is 39.0 cm³/mol. The summed E-state index contributed by atoms with van der Waals surface area (Å²) < 4.78 is 0. The molecule has 1 N–H and O–H groups in total. The molecule has 0 saturated carbocycles. The molecule has 2 heteroatoms. The fourth-order valence-electron chi connectivity index (χ4n) is 1.11. The lowest BCUT2D eigenvalue weighted by Crippen LogP contribution is -2.47. The second-order valence-electron chi connectivity index (χ2n) is 3.26. The molecule has 0 amide bonds. The molecule has 0 aromatic heterocycles. The van der Waals surface area contributed by atoms with Gasteiger partial charge in [0.05, 0.1) is 0 Å². The molecular formula is C7H14N2. The van der Waals surface area contributed by atoms with Gasteiger partial charge in [0.2, 0.25) is 0 Å². The van der Waals surface area contributed by atoms with E-state index in [0.717, 1.165) is 6.54 Å². The zero-order valence-electron chi connectivity index (χ0n) is 6.31. The van der Waals surface area contributed by atoms with Gasteiger partial charge in [-0.2, -0.15) is 0 Å². The maximum Gasteiger partial charge on any atom is 0.0486 e. The molecule has 0 radical (unpaired) electrons. The Balaban J connectivity index is 2.58. The van der Waals surface area contributed by atoms with Crippen LogP contribution in [0.3, 0.4) is 0 Å². The normalized spacial score (nSPS) is 23.7. The van der Waals surface area contributed by atoms with Crippen molar-refractivity contribution in [2.45, 2.75) is 19.4 Å². The van der Waals surface area contributed by atoms with E-state index >= 15 is 0 Å². The van der Waals surface area contributed by atoms with E-state index in [1.54, 1.807) is 0 Å². The van der Waals surface area contributed by atoms with Gasteiger partial charge in [-0.15, -0.1) is 0 Å². The third-order valence-corrected chi connectivity index (χ3v) is 1.45. The Morgan fingerprint density at radius 2 is 2.22 bits per heavy atom. The van der Waals surface area contributed by atoms with E-state index in [-0.39, 0.29) is 5.54 Å². The lowest BCUT2D eigenvalue weighted by atomic mass is 10.0. The van der Waals surface area contributed by atoms with Crippen LogP contribution in [0.2, 0.25) is 0 Å². The second-order valence-corrected chi connectivity index (χ2v) is 3.26. The molecule has 2 nitrogen and oxygen atoms in total. The van der Waals surface area contributed by atoms with Gasteiger partial charge in [0.15, 0.2) is 0 Å². The Labute approximate surface area is 56.5 Å². The number of hydrogen-bond acceptors (Lipinski definition) is 2. The maximum absolute atomic E-state index is 3.27. The van der Waals surface area contributed by atoms with Crippen LogP contribution in [-0.4, -0.2) is 24.0 Å². The van der Waals surface area contributed by atoms with Gasteiger partial charge in [-0.1, -0.05) is 0 Å². The van der Waals surface area contributed by atoms with Crippen molar-refractivity contribution in [1.29, 1.82) is 0 Å². The van der Waals surface area contributed by atoms with Gasteiger partial charge in [-0.3, -0.25) is 0 Å². The third-order valence-electron chi connectivity index (χ3n) is 1.45. The fourth-order valence-corrected chi connectivity index (χ4v) is 1.11. The fraction of sp³-hybridized carbons (Fsp3) is 0.714. The van der Waals surface area contributed by atoms with E-state index in [1.165, 1.54) is 0 Å². The van der Waals surface area contributed by atoms with E-state index in [2.05, 4.69) is 31.1 Å². The van der Waals surface area contributed by atoms with Gasteiger partial charge >= 0.3 is 0 Å². The molecule has 1 aliphatic rings. The Morgan fingerprint density at radius 1 is 1.56 bits per heavy atom. The Kier molecular flexibility index (Phi) is 1.39. The zero-order valence-corrected chi connectivity index (χ0v) is 6.31. The van der Waals surface area contributed by atoms with E-state index in [0.29, 0.717) is 0 Å². The van der Waals surface area contributed by atoms with Gasteiger partial charge < -0.3 is 10.2 Å². The van der Waals surface area contributed by atoms with Gasteiger partial charge in [-0.25, -0.2) is 0 Å². The van der Waals surface area contributed by atoms with Crippen molar-refractivity contribution in [3.8, 4) is 0 Å². The molecule has 0 unspecified atom stereocenters. The molecule has 0 fully saturated rings. The van der Waals surface area contributed by atoms with Gasteiger partial charge in [-0.05, 0) is 13.8 Å². The van der Waals surface area contributed by atoms with Crippen molar-refractivity contribution in [3.63, 3.8) is 0 Å². The molecule has 0 bridgehead atoms. The average Bonchev–Trinajstić information content (AvgIpc) is 1.60. The molecule has 0 atom stereocenters. The van der Waals surface area contributed by atoms with Crippen molar-refractivity contribution < 1.29 is 0 Å². The van der Waals surface area contributed by atoms with Crippen LogP contribution in [0, 0.1) is 0 Å². The molecule has 1 rings (SSSR count). The van der Waals surface area contributed by atoms with Crippen molar-refractivity contribution in [1.82, 2.24) is 10.2 Å². The summed E-state index contributed by atoms with van der Waals surface area (Å²) in [6.07, 6.45) is 4.04. The van der Waals surface area contributed by atoms with Crippen LogP contribution in [0.25, 0.3) is 0 Å². The number of likely N-dealkylation sites (N-methyl/N-ethyl adjacent to an activating group) is 1. The highest BCUT2D eigenvalue weighted by molar-refractivity contribution is 4.96. The van der Waals surface area contributed by atoms with Crippen LogP contribution in [0.1, 0.15) is 13.8 Å². The van der Waals surface area contributed by atoms with Crippen molar-refractivity contribution in [2.75, 3.05) is 13.6 Å². The highest BCUT2D eigenvalue weighted by atomic mass is 15.2. The topological polar surface area (TPSA) is 15.3 Å². The molecule has 1 aliphatic heterocycles. The summed E-state index contributed by atoms with van der Waals surface area (Å²) in [7, 11) is 2.08. The minimum absolute atomic E-state index is 0.240. The van der Waals surface area contributed by atoms with E-state index < -0.39 is 0 Å². The van der Waals surface area contributed by atoms with Crippen LogP contribution in [-0.2, 0) is 0 Å². The minimum atomic E-state index is 0.240. The molecule has 52 valence electrons. The number of nitrogens with one attached hydrogen (secondary N) is 1. The summed E-state index contributed by atoms with van der Waals surface area (Å²) in [5.74, 6) is 0. The molecule has 9 heavy (non-hydrogen) atoms. The molecule has 0 aliphatic carbocycles. The summed E-state index contributed by atoms with van der Waals surface area (Å²) in [5.41, 5.74) is 0.240. The van der Waals surface area contributed by atoms with Crippen molar-refractivity contribution >= 4 is 0 Å². The third kappa shape index (κ3) is 1.63. The number of nitrogens with zero attached hydrogens (tertiary/aromatic N) is 1. The number of hydrogen-bond donors (Lipinski definition) is 1. The molecule has 1 heterocycles. The first-order valence-corrected chi connectivity index (χ1v) is 3.25. The zero-order chi connectivity index (χ0) is 6.91. The van der Waals surface area contributed by atoms with Gasteiger partial charge in [0.25, 0.3) is 0 Å². The van der Waals surface area contributed by atoms with Gasteiger partial charge in [0, 0.05) is 31.5 Å². The summed E-state index contributed by atoms with van der Waals surface area (Å²) in [5, 5.41) is 3.27. The molecular weight excluding hydrogens is 112 g/mol. The van der Waals surface area contributed by atoms with E-state index in [1.807, 2.05) is 12.4 Å². The summed E-state index contributed by atoms with van der Waals surface area (Å²) in [6, 6.07) is 0. The SMILES string of the molecule is CN1C=CNC(C)(C)C1. The van der Waals surface area contributed by atoms with Crippen LogP contribution < -0.4 is 5.32 Å². The largest absolute Gasteiger partial charge is 0.383 e. The van der Waals surface area contributed by atoms with Crippen LogP contribution >= 0.6 is 0 Å². The molecule has 0 aromatic carbocycles. The quantitative estimate of drug-likeness (QED) is 0.516. The van der Waals surface area contributed by atoms with Crippen LogP contribution in [0.5, 0.6) is 0 Å². The van der Waals surface area contributed by atoms with Crippen LogP contribution in [0.4, 0.5) is 0 Å². The molecule has 0 aromatic rings. The van der Waals surface area contributed by atoms with E-state index in [9.17, 15) is 0 Å². The average molecular weight is 126 g/mol. The highest BCUT2D eigenvalue weighted by Gasteiger charge is 2.18. The standard InChI is InChI=1S/C7H14N2/c1-7(2)6-9(3)5-4-8-7/h4-5,8H,6H2,1-3H3. The minimum Gasteiger partial charge on any atom is -0.383 e. The van der Waals surface area contributed by atoms with Crippen molar-refractivity contribution in [3.05, 3.63) is 12.4 Å². The van der Waals surface area contributed by atoms with E-state index in [4.69, 9.17) is 0 Å². The summed E-state index contributed by atoms with van der Waals surface area (Å²) in [4.78, 5) is 2.18. The summed E-state index contributed by atoms with van der Waals surface area (Å²) in [6.45, 7) is 5.45. The smallest absolute Gasteiger partial charge is 0.0486 e. The molecule has 0 spiro atoms. The van der Waals surface area contributed by atoms with Gasteiger partial charge in [0.1, 0.15) is 0 Å². The lowest BCUT2D eigenvalue weighted by molar-refractivity contribution is 0.289. The molecule has 0 saturated heterocycles. The van der Waals surface area contributed by atoms with Crippen LogP contribution in [0.15, 0.2) is 12.4 Å². The Bertz CT molecular complexity index is 127. The number of rotatable bonds is 0. The maximum atomic E-state index is 3.27. The first-order chi connectivity index (χ1) is 4.10. The Morgan fingerprint density at radius 3 is 2.56 bits per heavy atom. The Hall–Kier alpha value is -0.660. The first kappa shape index (κ1) is 6.46. The monoisotopic (exact) mass is 126 g/mol. The predicted octanol–water partition coefficient (Wildman–Crippen LogP) is 0.771. The first-order valence-electron chi connectivity index (χ1n) is 3.25.